The first-order chi connectivity index (χ1) is 8.11. The lowest BCUT2D eigenvalue weighted by molar-refractivity contribution is 0.467. The molecule has 2 N–H and O–H groups in total. The lowest BCUT2D eigenvalue weighted by atomic mass is 10.1. The topological polar surface area (TPSA) is 39.2 Å². The SMILES string of the molecule is CCC(N)c1ccc(-c2ccc(F)cc2F)o1. The monoisotopic (exact) mass is 237 g/mol. The molecular weight excluding hydrogens is 224 g/mol. The Balaban J connectivity index is 2.37. The third-order valence-corrected chi connectivity index (χ3v) is 2.63. The fourth-order valence-corrected chi connectivity index (χ4v) is 1.59. The molecule has 90 valence electrons. The van der Waals surface area contributed by atoms with Crippen LogP contribution in [0.5, 0.6) is 0 Å². The number of halogens is 2. The lowest BCUT2D eigenvalue weighted by Crippen LogP contribution is -2.06. The van der Waals surface area contributed by atoms with E-state index in [2.05, 4.69) is 0 Å². The summed E-state index contributed by atoms with van der Waals surface area (Å²) in [5.74, 6) is -0.285. The van der Waals surface area contributed by atoms with E-state index in [0.29, 0.717) is 11.5 Å². The third kappa shape index (κ3) is 2.36. The maximum absolute atomic E-state index is 13.5. The summed E-state index contributed by atoms with van der Waals surface area (Å²) in [6.07, 6.45) is 0.735. The Morgan fingerprint density at radius 2 is 2.00 bits per heavy atom. The molecule has 1 unspecified atom stereocenters. The largest absolute Gasteiger partial charge is 0.459 e. The van der Waals surface area contributed by atoms with Crippen molar-refractivity contribution >= 4 is 0 Å². The first-order valence-corrected chi connectivity index (χ1v) is 5.42. The molecule has 17 heavy (non-hydrogen) atoms. The zero-order chi connectivity index (χ0) is 12.4. The van der Waals surface area contributed by atoms with Crippen molar-refractivity contribution < 1.29 is 13.2 Å². The molecule has 0 amide bonds. The van der Waals surface area contributed by atoms with E-state index in [9.17, 15) is 8.78 Å². The molecule has 2 rings (SSSR count). The summed E-state index contributed by atoms with van der Waals surface area (Å²) in [6, 6.07) is 6.53. The summed E-state index contributed by atoms with van der Waals surface area (Å²) >= 11 is 0. The molecule has 1 atom stereocenters. The van der Waals surface area contributed by atoms with Crippen LogP contribution < -0.4 is 5.73 Å². The van der Waals surface area contributed by atoms with Gasteiger partial charge in [-0.15, -0.1) is 0 Å². The van der Waals surface area contributed by atoms with E-state index < -0.39 is 11.6 Å². The summed E-state index contributed by atoms with van der Waals surface area (Å²) in [5.41, 5.74) is 6.04. The van der Waals surface area contributed by atoms with Crippen molar-refractivity contribution in [2.45, 2.75) is 19.4 Å². The van der Waals surface area contributed by atoms with Crippen molar-refractivity contribution in [2.24, 2.45) is 5.73 Å². The number of hydrogen-bond donors (Lipinski definition) is 1. The van der Waals surface area contributed by atoms with Gasteiger partial charge in [0.2, 0.25) is 0 Å². The molecule has 0 radical (unpaired) electrons. The van der Waals surface area contributed by atoms with Gasteiger partial charge < -0.3 is 10.2 Å². The van der Waals surface area contributed by atoms with Crippen LogP contribution in [0.1, 0.15) is 25.1 Å². The number of benzene rings is 1. The van der Waals surface area contributed by atoms with Crippen molar-refractivity contribution in [1.82, 2.24) is 0 Å². The van der Waals surface area contributed by atoms with Crippen LogP contribution in [0.3, 0.4) is 0 Å². The first kappa shape index (κ1) is 11.8. The first-order valence-electron chi connectivity index (χ1n) is 5.42. The van der Waals surface area contributed by atoms with Crippen molar-refractivity contribution in [1.29, 1.82) is 0 Å². The van der Waals surface area contributed by atoms with Crippen LogP contribution in [-0.4, -0.2) is 0 Å². The molecule has 0 aliphatic carbocycles. The van der Waals surface area contributed by atoms with Gasteiger partial charge >= 0.3 is 0 Å². The van der Waals surface area contributed by atoms with Gasteiger partial charge in [0, 0.05) is 6.07 Å². The highest BCUT2D eigenvalue weighted by Crippen LogP contribution is 2.27. The van der Waals surface area contributed by atoms with Gasteiger partial charge in [0.15, 0.2) is 0 Å². The number of furan rings is 1. The highest BCUT2D eigenvalue weighted by molar-refractivity contribution is 5.58. The second kappa shape index (κ2) is 4.67. The summed E-state index contributed by atoms with van der Waals surface area (Å²) in [5, 5.41) is 0. The highest BCUT2D eigenvalue weighted by Gasteiger charge is 2.13. The molecule has 0 spiro atoms. The molecule has 0 aliphatic heterocycles. The minimum absolute atomic E-state index is 0.202. The lowest BCUT2D eigenvalue weighted by Gasteiger charge is -2.04. The van der Waals surface area contributed by atoms with Gasteiger partial charge in [-0.2, -0.15) is 0 Å². The van der Waals surface area contributed by atoms with Crippen LogP contribution in [-0.2, 0) is 0 Å². The Labute approximate surface area is 98.0 Å². The van der Waals surface area contributed by atoms with E-state index in [1.807, 2.05) is 6.92 Å². The van der Waals surface area contributed by atoms with Crippen molar-refractivity contribution in [2.75, 3.05) is 0 Å². The molecule has 0 saturated carbocycles. The zero-order valence-corrected chi connectivity index (χ0v) is 9.41. The molecule has 1 aromatic heterocycles. The normalized spacial score (nSPS) is 12.7. The Hall–Kier alpha value is -1.68. The smallest absolute Gasteiger partial charge is 0.137 e. The predicted octanol–water partition coefficient (Wildman–Crippen LogP) is 3.63. The maximum Gasteiger partial charge on any atom is 0.137 e. The van der Waals surface area contributed by atoms with Crippen LogP contribution >= 0.6 is 0 Å². The van der Waals surface area contributed by atoms with Crippen LogP contribution in [0.2, 0.25) is 0 Å². The molecule has 2 nitrogen and oxygen atoms in total. The number of hydrogen-bond acceptors (Lipinski definition) is 2. The summed E-state index contributed by atoms with van der Waals surface area (Å²) in [4.78, 5) is 0. The zero-order valence-electron chi connectivity index (χ0n) is 9.41. The minimum atomic E-state index is -0.643. The van der Waals surface area contributed by atoms with E-state index in [1.165, 1.54) is 12.1 Å². The predicted molar refractivity (Wildman–Crippen MR) is 61.3 cm³/mol. The van der Waals surface area contributed by atoms with Crippen LogP contribution in [0.25, 0.3) is 11.3 Å². The average molecular weight is 237 g/mol. The number of nitrogens with two attached hydrogens (primary N) is 1. The van der Waals surface area contributed by atoms with Gasteiger partial charge in [-0.3, -0.25) is 0 Å². The van der Waals surface area contributed by atoms with Gasteiger partial charge in [0.25, 0.3) is 0 Å². The van der Waals surface area contributed by atoms with Crippen molar-refractivity contribution in [3.63, 3.8) is 0 Å². The van der Waals surface area contributed by atoms with Gasteiger partial charge in [-0.25, -0.2) is 8.78 Å². The van der Waals surface area contributed by atoms with Crippen LogP contribution in [0.4, 0.5) is 8.78 Å². The molecule has 0 fully saturated rings. The fraction of sp³-hybridized carbons (Fsp3) is 0.231. The van der Waals surface area contributed by atoms with E-state index in [0.717, 1.165) is 12.5 Å². The maximum atomic E-state index is 13.5. The van der Waals surface area contributed by atoms with Crippen molar-refractivity contribution in [3.8, 4) is 11.3 Å². The molecule has 4 heteroatoms. The van der Waals surface area contributed by atoms with Gasteiger partial charge in [-0.1, -0.05) is 6.92 Å². The second-order valence-corrected chi connectivity index (χ2v) is 3.84. The van der Waals surface area contributed by atoms with E-state index in [1.54, 1.807) is 12.1 Å². The highest BCUT2D eigenvalue weighted by atomic mass is 19.1. The van der Waals surface area contributed by atoms with Gasteiger partial charge in [-0.05, 0) is 30.7 Å². The van der Waals surface area contributed by atoms with Crippen LogP contribution in [0, 0.1) is 11.6 Å². The van der Waals surface area contributed by atoms with E-state index in [4.69, 9.17) is 10.2 Å². The van der Waals surface area contributed by atoms with Crippen molar-refractivity contribution in [3.05, 3.63) is 47.7 Å². The van der Waals surface area contributed by atoms with Crippen LogP contribution in [0.15, 0.2) is 34.7 Å². The quantitative estimate of drug-likeness (QED) is 0.885. The summed E-state index contributed by atoms with van der Waals surface area (Å²) in [7, 11) is 0. The Morgan fingerprint density at radius 1 is 1.24 bits per heavy atom. The summed E-state index contributed by atoms with van der Waals surface area (Å²) in [6.45, 7) is 1.94. The molecular formula is C13H13F2NO. The van der Waals surface area contributed by atoms with Gasteiger partial charge in [0.1, 0.15) is 23.2 Å². The molecule has 1 aromatic carbocycles. The fourth-order valence-electron chi connectivity index (χ4n) is 1.59. The van der Waals surface area contributed by atoms with E-state index in [-0.39, 0.29) is 11.6 Å². The third-order valence-electron chi connectivity index (χ3n) is 2.63. The molecule has 0 bridgehead atoms. The molecule has 0 aliphatic rings. The number of rotatable bonds is 3. The second-order valence-electron chi connectivity index (χ2n) is 3.84. The Morgan fingerprint density at radius 3 is 2.65 bits per heavy atom. The molecule has 0 saturated heterocycles. The standard InChI is InChI=1S/C13H13F2NO/c1-2-11(16)13-6-5-12(17-13)9-4-3-8(14)7-10(9)15/h3-7,11H,2,16H2,1H3. The Bertz CT molecular complexity index is 522. The summed E-state index contributed by atoms with van der Waals surface area (Å²) < 4.78 is 31.7. The average Bonchev–Trinajstić information content (AvgIpc) is 2.77. The van der Waals surface area contributed by atoms with E-state index >= 15 is 0 Å². The van der Waals surface area contributed by atoms with Gasteiger partial charge in [0.05, 0.1) is 11.6 Å². The molecule has 2 aromatic rings. The Kier molecular flexibility index (Phi) is 3.24. The molecule has 1 heterocycles. The minimum Gasteiger partial charge on any atom is -0.459 e.